The SMILES string of the molecule is Cc1ccccc1N1CC(C(=O)NC(C)C)CC1=O. The highest BCUT2D eigenvalue weighted by molar-refractivity contribution is 6.00. The van der Waals surface area contributed by atoms with Gasteiger partial charge in [0.2, 0.25) is 11.8 Å². The van der Waals surface area contributed by atoms with Gasteiger partial charge < -0.3 is 10.2 Å². The molecule has 1 aromatic carbocycles. The number of hydrogen-bond donors (Lipinski definition) is 1. The van der Waals surface area contributed by atoms with Crippen molar-refractivity contribution in [1.29, 1.82) is 0 Å². The van der Waals surface area contributed by atoms with Crippen LogP contribution in [0.25, 0.3) is 0 Å². The number of amides is 2. The van der Waals surface area contributed by atoms with E-state index in [-0.39, 0.29) is 23.8 Å². The Morgan fingerprint density at radius 2 is 2.05 bits per heavy atom. The second kappa shape index (κ2) is 5.43. The van der Waals surface area contributed by atoms with Crippen molar-refractivity contribution in [2.45, 2.75) is 33.2 Å². The summed E-state index contributed by atoms with van der Waals surface area (Å²) in [7, 11) is 0. The Hall–Kier alpha value is -1.84. The van der Waals surface area contributed by atoms with Crippen LogP contribution in [0.4, 0.5) is 5.69 Å². The van der Waals surface area contributed by atoms with Gasteiger partial charge in [0.05, 0.1) is 5.92 Å². The second-order valence-corrected chi connectivity index (χ2v) is 5.36. The first-order valence-corrected chi connectivity index (χ1v) is 6.65. The summed E-state index contributed by atoms with van der Waals surface area (Å²) in [5.41, 5.74) is 1.97. The molecule has 0 aromatic heterocycles. The number of nitrogens with one attached hydrogen (secondary N) is 1. The van der Waals surface area contributed by atoms with Gasteiger partial charge in [0.25, 0.3) is 0 Å². The number of nitrogens with zero attached hydrogens (tertiary/aromatic N) is 1. The maximum Gasteiger partial charge on any atom is 0.227 e. The molecule has 1 fully saturated rings. The largest absolute Gasteiger partial charge is 0.354 e. The highest BCUT2D eigenvalue weighted by atomic mass is 16.2. The average molecular weight is 260 g/mol. The molecule has 19 heavy (non-hydrogen) atoms. The fourth-order valence-corrected chi connectivity index (χ4v) is 2.38. The molecule has 1 unspecified atom stereocenters. The smallest absolute Gasteiger partial charge is 0.227 e. The zero-order valence-electron chi connectivity index (χ0n) is 11.6. The number of aryl methyl sites for hydroxylation is 1. The molecule has 1 aliphatic rings. The third kappa shape index (κ3) is 2.95. The van der Waals surface area contributed by atoms with E-state index < -0.39 is 0 Å². The predicted octanol–water partition coefficient (Wildman–Crippen LogP) is 1.87. The zero-order chi connectivity index (χ0) is 14.0. The van der Waals surface area contributed by atoms with Gasteiger partial charge in [-0.2, -0.15) is 0 Å². The lowest BCUT2D eigenvalue weighted by Gasteiger charge is -2.19. The Bertz CT molecular complexity index is 497. The highest BCUT2D eigenvalue weighted by Crippen LogP contribution is 2.27. The van der Waals surface area contributed by atoms with Crippen LogP contribution in [0.2, 0.25) is 0 Å². The van der Waals surface area contributed by atoms with Gasteiger partial charge in [0.15, 0.2) is 0 Å². The van der Waals surface area contributed by atoms with Crippen LogP contribution in [0.3, 0.4) is 0 Å². The molecule has 2 amide bonds. The number of rotatable bonds is 3. The van der Waals surface area contributed by atoms with Gasteiger partial charge in [-0.3, -0.25) is 9.59 Å². The van der Waals surface area contributed by atoms with Crippen molar-refractivity contribution >= 4 is 17.5 Å². The Balaban J connectivity index is 2.12. The summed E-state index contributed by atoms with van der Waals surface area (Å²) in [6.07, 6.45) is 0.298. The number of carbonyl (C=O) groups excluding carboxylic acids is 2. The van der Waals surface area contributed by atoms with Crippen molar-refractivity contribution in [2.75, 3.05) is 11.4 Å². The third-order valence-electron chi connectivity index (χ3n) is 3.33. The molecule has 2 rings (SSSR count). The molecule has 4 nitrogen and oxygen atoms in total. The molecule has 102 valence electrons. The fourth-order valence-electron chi connectivity index (χ4n) is 2.38. The third-order valence-corrected chi connectivity index (χ3v) is 3.33. The van der Waals surface area contributed by atoms with Crippen LogP contribution < -0.4 is 10.2 Å². The number of carbonyl (C=O) groups is 2. The van der Waals surface area contributed by atoms with Gasteiger partial charge in [-0.25, -0.2) is 0 Å². The fraction of sp³-hybridized carbons (Fsp3) is 0.467. The standard InChI is InChI=1S/C15H20N2O2/c1-10(2)16-15(19)12-8-14(18)17(9-12)13-7-5-4-6-11(13)3/h4-7,10,12H,8-9H2,1-3H3,(H,16,19). The lowest BCUT2D eigenvalue weighted by atomic mass is 10.1. The normalized spacial score (nSPS) is 19.1. The van der Waals surface area contributed by atoms with E-state index >= 15 is 0 Å². The molecule has 1 saturated heterocycles. The number of benzene rings is 1. The summed E-state index contributed by atoms with van der Waals surface area (Å²) in [6.45, 7) is 6.30. The summed E-state index contributed by atoms with van der Waals surface area (Å²) in [5.74, 6) is -0.243. The van der Waals surface area contributed by atoms with E-state index in [1.165, 1.54) is 0 Å². The first-order valence-electron chi connectivity index (χ1n) is 6.65. The minimum absolute atomic E-state index is 0.0261. The van der Waals surface area contributed by atoms with Crippen molar-refractivity contribution in [3.63, 3.8) is 0 Å². The highest BCUT2D eigenvalue weighted by Gasteiger charge is 2.35. The van der Waals surface area contributed by atoms with Crippen molar-refractivity contribution in [3.05, 3.63) is 29.8 Å². The zero-order valence-corrected chi connectivity index (χ0v) is 11.6. The minimum atomic E-state index is -0.241. The van der Waals surface area contributed by atoms with Crippen molar-refractivity contribution in [1.82, 2.24) is 5.32 Å². The van der Waals surface area contributed by atoms with Gasteiger partial charge in [-0.05, 0) is 32.4 Å². The van der Waals surface area contributed by atoms with E-state index in [2.05, 4.69) is 5.32 Å². The van der Waals surface area contributed by atoms with Crippen molar-refractivity contribution < 1.29 is 9.59 Å². The van der Waals surface area contributed by atoms with E-state index in [9.17, 15) is 9.59 Å². The molecular weight excluding hydrogens is 240 g/mol. The van der Waals surface area contributed by atoms with Crippen LogP contribution in [0.5, 0.6) is 0 Å². The Kier molecular flexibility index (Phi) is 3.88. The molecule has 1 heterocycles. The maximum absolute atomic E-state index is 12.1. The Morgan fingerprint density at radius 1 is 1.37 bits per heavy atom. The summed E-state index contributed by atoms with van der Waals surface area (Å²) in [6, 6.07) is 7.87. The van der Waals surface area contributed by atoms with Crippen LogP contribution in [0.15, 0.2) is 24.3 Å². The van der Waals surface area contributed by atoms with Crippen LogP contribution in [0, 0.1) is 12.8 Å². The number of hydrogen-bond acceptors (Lipinski definition) is 2. The van der Waals surface area contributed by atoms with Crippen LogP contribution in [-0.2, 0) is 9.59 Å². The number of para-hydroxylation sites is 1. The van der Waals surface area contributed by atoms with Gasteiger partial charge in [-0.15, -0.1) is 0 Å². The summed E-state index contributed by atoms with van der Waals surface area (Å²) in [4.78, 5) is 25.8. The van der Waals surface area contributed by atoms with Gasteiger partial charge in [-0.1, -0.05) is 18.2 Å². The van der Waals surface area contributed by atoms with Crippen LogP contribution in [-0.4, -0.2) is 24.4 Å². The molecule has 1 aromatic rings. The molecule has 0 spiro atoms. The quantitative estimate of drug-likeness (QED) is 0.902. The van der Waals surface area contributed by atoms with Gasteiger partial charge >= 0.3 is 0 Å². The van der Waals surface area contributed by atoms with Crippen LogP contribution >= 0.6 is 0 Å². The first kappa shape index (κ1) is 13.6. The molecule has 0 bridgehead atoms. The lowest BCUT2D eigenvalue weighted by Crippen LogP contribution is -2.37. The van der Waals surface area contributed by atoms with Crippen molar-refractivity contribution in [3.8, 4) is 0 Å². The number of anilines is 1. The monoisotopic (exact) mass is 260 g/mol. The van der Waals surface area contributed by atoms with E-state index in [0.29, 0.717) is 13.0 Å². The molecule has 0 aliphatic carbocycles. The molecule has 0 radical (unpaired) electrons. The predicted molar refractivity (Wildman–Crippen MR) is 74.9 cm³/mol. The molecule has 0 saturated carbocycles. The summed E-state index contributed by atoms with van der Waals surface area (Å²) < 4.78 is 0. The molecule has 1 aliphatic heterocycles. The van der Waals surface area contributed by atoms with Crippen LogP contribution in [0.1, 0.15) is 25.8 Å². The van der Waals surface area contributed by atoms with E-state index in [1.54, 1.807) is 4.90 Å². The minimum Gasteiger partial charge on any atom is -0.354 e. The maximum atomic E-state index is 12.1. The average Bonchev–Trinajstić information content (AvgIpc) is 2.71. The Labute approximate surface area is 113 Å². The summed E-state index contributed by atoms with van der Waals surface area (Å²) in [5, 5.41) is 2.87. The van der Waals surface area contributed by atoms with E-state index in [1.807, 2.05) is 45.0 Å². The second-order valence-electron chi connectivity index (χ2n) is 5.36. The van der Waals surface area contributed by atoms with E-state index in [0.717, 1.165) is 11.3 Å². The van der Waals surface area contributed by atoms with Gasteiger partial charge in [0, 0.05) is 24.7 Å². The van der Waals surface area contributed by atoms with E-state index in [4.69, 9.17) is 0 Å². The topological polar surface area (TPSA) is 49.4 Å². The first-order chi connectivity index (χ1) is 8.99. The molecule has 4 heteroatoms. The van der Waals surface area contributed by atoms with Gasteiger partial charge in [0.1, 0.15) is 0 Å². The molecular formula is C15H20N2O2. The molecule has 1 atom stereocenters. The molecule has 1 N–H and O–H groups in total. The van der Waals surface area contributed by atoms with Crippen molar-refractivity contribution in [2.24, 2.45) is 5.92 Å². The summed E-state index contributed by atoms with van der Waals surface area (Å²) >= 11 is 0. The Morgan fingerprint density at radius 3 is 2.68 bits per heavy atom. The lowest BCUT2D eigenvalue weighted by molar-refractivity contribution is -0.126.